The molecule has 44 heavy (non-hydrogen) atoms. The lowest BCUT2D eigenvalue weighted by Gasteiger charge is -2.34. The average Bonchev–Trinajstić information content (AvgIpc) is 3.03. The fourth-order valence-corrected chi connectivity index (χ4v) is 6.28. The molecule has 0 aliphatic rings. The Morgan fingerprint density at radius 2 is 1.30 bits per heavy atom. The summed E-state index contributed by atoms with van der Waals surface area (Å²) < 4.78 is 29.2. The van der Waals surface area contributed by atoms with Crippen LogP contribution in [0.2, 0.25) is 0 Å². The Bertz CT molecular complexity index is 1620. The maximum absolute atomic E-state index is 14.5. The van der Waals surface area contributed by atoms with Crippen LogP contribution in [0.3, 0.4) is 0 Å². The van der Waals surface area contributed by atoms with E-state index >= 15 is 0 Å². The van der Waals surface area contributed by atoms with E-state index in [1.165, 1.54) is 17.0 Å². The zero-order chi connectivity index (χ0) is 31.7. The first-order valence-corrected chi connectivity index (χ1v) is 16.4. The molecule has 0 heterocycles. The van der Waals surface area contributed by atoms with E-state index in [4.69, 9.17) is 0 Å². The molecule has 2 atom stereocenters. The molecule has 0 unspecified atom stereocenters. The van der Waals surface area contributed by atoms with Gasteiger partial charge in [0.05, 0.1) is 10.6 Å². The quantitative estimate of drug-likeness (QED) is 0.199. The maximum Gasteiger partial charge on any atom is 0.264 e. The normalized spacial score (nSPS) is 12.6. The van der Waals surface area contributed by atoms with Crippen LogP contribution in [-0.4, -0.2) is 43.8 Å². The predicted molar refractivity (Wildman–Crippen MR) is 176 cm³/mol. The van der Waals surface area contributed by atoms with Crippen LogP contribution in [0.25, 0.3) is 0 Å². The average molecular weight is 612 g/mol. The Kier molecular flexibility index (Phi) is 11.0. The van der Waals surface area contributed by atoms with Crippen LogP contribution in [0, 0.1) is 13.8 Å². The van der Waals surface area contributed by atoms with Crippen LogP contribution in [0.5, 0.6) is 0 Å². The van der Waals surface area contributed by atoms with Crippen molar-refractivity contribution < 1.29 is 18.0 Å². The predicted octanol–water partition coefficient (Wildman–Crippen LogP) is 6.05. The molecule has 8 heteroatoms. The Labute approximate surface area is 261 Å². The molecule has 0 saturated heterocycles. The minimum Gasteiger partial charge on any atom is -0.352 e. The monoisotopic (exact) mass is 611 g/mol. The van der Waals surface area contributed by atoms with Gasteiger partial charge in [0.2, 0.25) is 11.8 Å². The second kappa shape index (κ2) is 14.8. The molecule has 1 N–H and O–H groups in total. The summed E-state index contributed by atoms with van der Waals surface area (Å²) in [4.78, 5) is 30.0. The number of hydrogen-bond donors (Lipinski definition) is 1. The smallest absolute Gasteiger partial charge is 0.264 e. The Morgan fingerprint density at radius 1 is 0.750 bits per heavy atom. The van der Waals surface area contributed by atoms with Gasteiger partial charge in [-0.3, -0.25) is 13.9 Å². The van der Waals surface area contributed by atoms with Crippen molar-refractivity contribution >= 4 is 27.5 Å². The van der Waals surface area contributed by atoms with Crippen molar-refractivity contribution in [2.45, 2.75) is 64.1 Å². The van der Waals surface area contributed by atoms with Crippen LogP contribution >= 0.6 is 0 Å². The minimum absolute atomic E-state index is 0.0776. The number of aryl methyl sites for hydroxylation is 2. The van der Waals surface area contributed by atoms with Gasteiger partial charge in [0.25, 0.3) is 10.0 Å². The lowest BCUT2D eigenvalue weighted by molar-refractivity contribution is -0.140. The zero-order valence-electron chi connectivity index (χ0n) is 25.8. The number of anilines is 1. The van der Waals surface area contributed by atoms with E-state index in [2.05, 4.69) is 5.32 Å². The third-order valence-corrected chi connectivity index (χ3v) is 9.47. The fourth-order valence-electron chi connectivity index (χ4n) is 4.84. The van der Waals surface area contributed by atoms with E-state index in [-0.39, 0.29) is 29.8 Å². The number of amides is 2. The van der Waals surface area contributed by atoms with Crippen LogP contribution in [0.1, 0.15) is 42.5 Å². The number of hydrogen-bond acceptors (Lipinski definition) is 4. The van der Waals surface area contributed by atoms with Crippen LogP contribution < -0.4 is 9.62 Å². The number of carbonyl (C=O) groups is 2. The number of nitrogens with zero attached hydrogens (tertiary/aromatic N) is 2. The fraction of sp³-hybridized carbons (Fsp3) is 0.278. The first-order chi connectivity index (χ1) is 21.1. The number of sulfonamides is 1. The molecule has 4 aromatic carbocycles. The molecule has 0 aliphatic carbocycles. The van der Waals surface area contributed by atoms with E-state index in [1.54, 1.807) is 30.3 Å². The second-order valence-electron chi connectivity index (χ2n) is 11.2. The lowest BCUT2D eigenvalue weighted by atomic mass is 10.0. The summed E-state index contributed by atoms with van der Waals surface area (Å²) >= 11 is 0. The van der Waals surface area contributed by atoms with Crippen molar-refractivity contribution in [1.82, 2.24) is 10.2 Å². The van der Waals surface area contributed by atoms with Crippen molar-refractivity contribution in [1.29, 1.82) is 0 Å². The molecular weight excluding hydrogens is 570 g/mol. The topological polar surface area (TPSA) is 86.8 Å². The van der Waals surface area contributed by atoms with E-state index in [9.17, 15) is 18.0 Å². The molecule has 0 spiro atoms. The van der Waals surface area contributed by atoms with E-state index in [0.717, 1.165) is 33.0 Å². The van der Waals surface area contributed by atoms with Crippen molar-refractivity contribution in [3.8, 4) is 0 Å². The number of nitrogens with one attached hydrogen (secondary N) is 1. The second-order valence-corrected chi connectivity index (χ2v) is 13.1. The summed E-state index contributed by atoms with van der Waals surface area (Å²) in [6, 6.07) is 31.5. The van der Waals surface area contributed by atoms with Crippen LogP contribution in [-0.2, 0) is 32.6 Å². The number of benzene rings is 4. The molecular formula is C36H41N3O4S. The molecule has 4 rings (SSSR count). The van der Waals surface area contributed by atoms with Gasteiger partial charge in [0.15, 0.2) is 0 Å². The van der Waals surface area contributed by atoms with E-state index in [0.29, 0.717) is 5.69 Å². The summed E-state index contributed by atoms with van der Waals surface area (Å²) in [6.45, 7) is 7.47. The molecule has 0 saturated carbocycles. The van der Waals surface area contributed by atoms with Gasteiger partial charge < -0.3 is 10.2 Å². The highest BCUT2D eigenvalue weighted by Crippen LogP contribution is 2.25. The molecule has 0 radical (unpaired) electrons. The summed E-state index contributed by atoms with van der Waals surface area (Å²) in [5.74, 6) is -0.762. The first kappa shape index (κ1) is 32.5. The molecule has 0 fully saturated rings. The summed E-state index contributed by atoms with van der Waals surface area (Å²) in [6.07, 6.45) is 1.00. The number of rotatable bonds is 13. The standard InChI is InChI=1S/C36H41N3O4S/c1-5-29(4)37-36(41)34(24-30-12-8-6-9-13-30)38(25-31-20-16-27(2)17-21-31)35(40)26-39(32-22-18-28(3)19-23-32)44(42,43)33-14-10-7-11-15-33/h6-23,29,34H,5,24-26H2,1-4H3,(H,37,41)/t29-,34+/m0/s1. The molecule has 0 aromatic heterocycles. The third kappa shape index (κ3) is 8.35. The first-order valence-electron chi connectivity index (χ1n) is 14.9. The molecule has 230 valence electrons. The van der Waals surface area contributed by atoms with Gasteiger partial charge >= 0.3 is 0 Å². The van der Waals surface area contributed by atoms with Gasteiger partial charge in [-0.15, -0.1) is 0 Å². The summed E-state index contributed by atoms with van der Waals surface area (Å²) in [5, 5.41) is 3.06. The van der Waals surface area contributed by atoms with Crippen molar-refractivity contribution in [3.05, 3.63) is 131 Å². The molecule has 4 aromatic rings. The van der Waals surface area contributed by atoms with Gasteiger partial charge in [-0.05, 0) is 62.6 Å². The SMILES string of the molecule is CC[C@H](C)NC(=O)[C@@H](Cc1ccccc1)N(Cc1ccc(C)cc1)C(=O)CN(c1ccc(C)cc1)S(=O)(=O)c1ccccc1. The Morgan fingerprint density at radius 3 is 1.86 bits per heavy atom. The molecule has 0 aliphatic heterocycles. The Balaban J connectivity index is 1.79. The lowest BCUT2D eigenvalue weighted by Crippen LogP contribution is -2.54. The van der Waals surface area contributed by atoms with Gasteiger partial charge in [-0.25, -0.2) is 8.42 Å². The maximum atomic E-state index is 14.5. The molecule has 0 bridgehead atoms. The number of carbonyl (C=O) groups excluding carboxylic acids is 2. The van der Waals surface area contributed by atoms with Gasteiger partial charge in [0.1, 0.15) is 12.6 Å². The van der Waals surface area contributed by atoms with E-state index < -0.39 is 28.5 Å². The molecule has 2 amide bonds. The van der Waals surface area contributed by atoms with Gasteiger partial charge in [0, 0.05) is 19.0 Å². The highest BCUT2D eigenvalue weighted by atomic mass is 32.2. The Hall–Kier alpha value is -4.43. The minimum atomic E-state index is -4.12. The van der Waals surface area contributed by atoms with Gasteiger partial charge in [-0.2, -0.15) is 0 Å². The summed E-state index contributed by atoms with van der Waals surface area (Å²) in [7, 11) is -4.12. The summed E-state index contributed by atoms with van der Waals surface area (Å²) in [5.41, 5.74) is 4.13. The molecule has 7 nitrogen and oxygen atoms in total. The largest absolute Gasteiger partial charge is 0.352 e. The van der Waals surface area contributed by atoms with Crippen molar-refractivity contribution in [2.75, 3.05) is 10.8 Å². The highest BCUT2D eigenvalue weighted by Gasteiger charge is 2.34. The van der Waals surface area contributed by atoms with Crippen molar-refractivity contribution in [2.24, 2.45) is 0 Å². The van der Waals surface area contributed by atoms with Gasteiger partial charge in [-0.1, -0.05) is 103 Å². The van der Waals surface area contributed by atoms with Crippen LogP contribution in [0.4, 0.5) is 5.69 Å². The third-order valence-electron chi connectivity index (χ3n) is 7.68. The zero-order valence-corrected chi connectivity index (χ0v) is 26.6. The highest BCUT2D eigenvalue weighted by molar-refractivity contribution is 7.92. The van der Waals surface area contributed by atoms with E-state index in [1.807, 2.05) is 94.4 Å². The van der Waals surface area contributed by atoms with Crippen molar-refractivity contribution in [3.63, 3.8) is 0 Å². The van der Waals surface area contributed by atoms with Crippen LogP contribution in [0.15, 0.2) is 114 Å².